The van der Waals surface area contributed by atoms with Gasteiger partial charge in [-0.25, -0.2) is 0 Å². The average molecular weight is 185 g/mol. The van der Waals surface area contributed by atoms with Crippen molar-refractivity contribution >= 4 is 28.8 Å². The summed E-state index contributed by atoms with van der Waals surface area (Å²) in [6, 6.07) is 0. The zero-order valence-electron chi connectivity index (χ0n) is 6.67. The third-order valence-electron chi connectivity index (χ3n) is 1.69. The van der Waals surface area contributed by atoms with Crippen LogP contribution >= 0.6 is 12.2 Å². The third-order valence-corrected chi connectivity index (χ3v) is 1.78. The van der Waals surface area contributed by atoms with Gasteiger partial charge in [-0.2, -0.15) is 5.10 Å². The molecule has 4 nitrogen and oxygen atoms in total. The smallest absolute Gasteiger partial charge is 0.184 e. The Morgan fingerprint density at radius 2 is 2.17 bits per heavy atom. The molecule has 0 radical (unpaired) electrons. The van der Waals surface area contributed by atoms with Crippen molar-refractivity contribution in [3.05, 3.63) is 0 Å². The van der Waals surface area contributed by atoms with Crippen LogP contribution in [0.4, 0.5) is 0 Å². The molecule has 0 bridgehead atoms. The van der Waals surface area contributed by atoms with Gasteiger partial charge in [0.1, 0.15) is 5.71 Å². The highest BCUT2D eigenvalue weighted by molar-refractivity contribution is 7.80. The molecular formula is C7H11N3OS. The summed E-state index contributed by atoms with van der Waals surface area (Å²) in [5.74, 6) is 0.102. The Morgan fingerprint density at radius 1 is 1.50 bits per heavy atom. The minimum atomic E-state index is 0.0980. The lowest BCUT2D eigenvalue weighted by Gasteiger charge is -2.10. The molecule has 0 saturated heterocycles. The Morgan fingerprint density at radius 3 is 2.75 bits per heavy atom. The average Bonchev–Trinajstić information content (AvgIpc) is 2.03. The molecule has 0 heterocycles. The molecule has 66 valence electrons. The number of hydrogen-bond acceptors (Lipinski definition) is 3. The summed E-state index contributed by atoms with van der Waals surface area (Å²) in [6.45, 7) is 0. The largest absolute Gasteiger partial charge is 0.375 e. The lowest BCUT2D eigenvalue weighted by molar-refractivity contribution is -0.113. The number of thiocarbonyl (C=S) groups is 1. The number of Topliss-reactive ketones (excluding diaryl/α,β-unsaturated/α-hetero) is 1. The molecule has 0 unspecified atom stereocenters. The maximum Gasteiger partial charge on any atom is 0.184 e. The van der Waals surface area contributed by atoms with E-state index in [0.29, 0.717) is 12.1 Å². The lowest BCUT2D eigenvalue weighted by Crippen LogP contribution is -2.28. The van der Waals surface area contributed by atoms with Crippen LogP contribution in [0.15, 0.2) is 5.10 Å². The number of ketones is 1. The summed E-state index contributed by atoms with van der Waals surface area (Å²) in [5.41, 5.74) is 8.14. The van der Waals surface area contributed by atoms with E-state index in [1.54, 1.807) is 0 Å². The summed E-state index contributed by atoms with van der Waals surface area (Å²) in [7, 11) is 0. The molecule has 1 fully saturated rings. The van der Waals surface area contributed by atoms with Gasteiger partial charge in [-0.3, -0.25) is 10.2 Å². The van der Waals surface area contributed by atoms with Gasteiger partial charge < -0.3 is 5.73 Å². The van der Waals surface area contributed by atoms with Gasteiger partial charge in [0.2, 0.25) is 0 Å². The van der Waals surface area contributed by atoms with E-state index in [2.05, 4.69) is 22.7 Å². The summed E-state index contributed by atoms with van der Waals surface area (Å²) < 4.78 is 0. The molecule has 5 heteroatoms. The molecule has 0 aliphatic heterocycles. The Hall–Kier alpha value is -0.970. The van der Waals surface area contributed by atoms with Crippen LogP contribution in [0.1, 0.15) is 25.7 Å². The molecule has 0 aromatic rings. The van der Waals surface area contributed by atoms with Crippen LogP contribution in [0.3, 0.4) is 0 Å². The van der Waals surface area contributed by atoms with Crippen LogP contribution in [0, 0.1) is 0 Å². The Balaban J connectivity index is 2.53. The van der Waals surface area contributed by atoms with Gasteiger partial charge in [0.15, 0.2) is 10.9 Å². The fraction of sp³-hybridized carbons (Fsp3) is 0.571. The second-order valence-corrected chi connectivity index (χ2v) is 3.10. The molecule has 12 heavy (non-hydrogen) atoms. The molecule has 1 aliphatic rings. The van der Waals surface area contributed by atoms with Crippen LogP contribution < -0.4 is 11.2 Å². The molecule has 0 aromatic heterocycles. The number of carbonyl (C=O) groups is 1. The van der Waals surface area contributed by atoms with Crippen molar-refractivity contribution in [2.45, 2.75) is 25.7 Å². The van der Waals surface area contributed by atoms with E-state index in [1.165, 1.54) is 0 Å². The number of nitrogens with two attached hydrogens (primary N) is 1. The van der Waals surface area contributed by atoms with Gasteiger partial charge >= 0.3 is 0 Å². The van der Waals surface area contributed by atoms with Gasteiger partial charge in [-0.05, 0) is 31.5 Å². The van der Waals surface area contributed by atoms with Gasteiger partial charge in [-0.1, -0.05) is 0 Å². The van der Waals surface area contributed by atoms with Crippen LogP contribution in [0.2, 0.25) is 0 Å². The van der Waals surface area contributed by atoms with E-state index in [4.69, 9.17) is 5.73 Å². The van der Waals surface area contributed by atoms with E-state index >= 15 is 0 Å². The van der Waals surface area contributed by atoms with E-state index in [-0.39, 0.29) is 10.9 Å². The van der Waals surface area contributed by atoms with Crippen molar-refractivity contribution in [1.82, 2.24) is 5.43 Å². The van der Waals surface area contributed by atoms with Crippen LogP contribution in [-0.2, 0) is 4.79 Å². The predicted molar refractivity (Wildman–Crippen MR) is 50.8 cm³/mol. The number of carbonyl (C=O) groups excluding carboxylic acids is 1. The molecule has 1 saturated carbocycles. The fourth-order valence-corrected chi connectivity index (χ4v) is 1.15. The Labute approximate surface area is 76.2 Å². The van der Waals surface area contributed by atoms with Gasteiger partial charge in [0, 0.05) is 6.42 Å². The standard InChI is InChI=1S/C7H11N3OS/c8-7(12)10-9-5-3-1-2-4-6(5)11/h1-4H2,(H3,8,10,12)/b9-5-. The van der Waals surface area contributed by atoms with E-state index in [1.807, 2.05) is 0 Å². The first-order valence-electron chi connectivity index (χ1n) is 3.85. The van der Waals surface area contributed by atoms with Crippen LogP contribution in [0.25, 0.3) is 0 Å². The van der Waals surface area contributed by atoms with Crippen molar-refractivity contribution in [3.8, 4) is 0 Å². The minimum Gasteiger partial charge on any atom is -0.375 e. The maximum absolute atomic E-state index is 11.2. The number of nitrogens with one attached hydrogen (secondary N) is 1. The van der Waals surface area contributed by atoms with Gasteiger partial charge in [-0.15, -0.1) is 0 Å². The summed E-state index contributed by atoms with van der Waals surface area (Å²) in [4.78, 5) is 11.2. The minimum absolute atomic E-state index is 0.0980. The van der Waals surface area contributed by atoms with Crippen molar-refractivity contribution in [3.63, 3.8) is 0 Å². The van der Waals surface area contributed by atoms with Crippen LogP contribution in [-0.4, -0.2) is 16.6 Å². The van der Waals surface area contributed by atoms with E-state index in [9.17, 15) is 4.79 Å². The van der Waals surface area contributed by atoms with Crippen molar-refractivity contribution in [2.24, 2.45) is 10.8 Å². The lowest BCUT2D eigenvalue weighted by atomic mass is 9.97. The van der Waals surface area contributed by atoms with E-state index < -0.39 is 0 Å². The first kappa shape index (κ1) is 9.12. The number of hydrazone groups is 1. The molecule has 0 spiro atoms. The zero-order chi connectivity index (χ0) is 8.97. The predicted octanol–water partition coefficient (Wildman–Crippen LogP) is 0.319. The topological polar surface area (TPSA) is 67.5 Å². The number of nitrogens with zero attached hydrogens (tertiary/aromatic N) is 1. The fourth-order valence-electron chi connectivity index (χ4n) is 1.10. The first-order chi connectivity index (χ1) is 5.70. The molecule has 3 N–H and O–H groups in total. The second kappa shape index (κ2) is 4.15. The second-order valence-electron chi connectivity index (χ2n) is 2.66. The summed E-state index contributed by atoms with van der Waals surface area (Å²) >= 11 is 4.55. The number of rotatable bonds is 1. The highest BCUT2D eigenvalue weighted by atomic mass is 32.1. The van der Waals surface area contributed by atoms with Crippen molar-refractivity contribution in [2.75, 3.05) is 0 Å². The zero-order valence-corrected chi connectivity index (χ0v) is 7.49. The molecule has 0 aromatic carbocycles. The quantitative estimate of drug-likeness (QED) is 0.456. The number of hydrogen-bond donors (Lipinski definition) is 2. The highest BCUT2D eigenvalue weighted by Gasteiger charge is 2.16. The van der Waals surface area contributed by atoms with Crippen LogP contribution in [0.5, 0.6) is 0 Å². The summed E-state index contributed by atoms with van der Waals surface area (Å²) in [6.07, 6.45) is 3.31. The monoisotopic (exact) mass is 185 g/mol. The summed E-state index contributed by atoms with van der Waals surface area (Å²) in [5, 5.41) is 3.91. The molecule has 1 rings (SSSR count). The van der Waals surface area contributed by atoms with E-state index in [0.717, 1.165) is 19.3 Å². The Kier molecular flexibility index (Phi) is 3.16. The van der Waals surface area contributed by atoms with Gasteiger partial charge in [0.25, 0.3) is 0 Å². The first-order valence-corrected chi connectivity index (χ1v) is 4.26. The highest BCUT2D eigenvalue weighted by Crippen LogP contribution is 2.11. The molecule has 0 amide bonds. The van der Waals surface area contributed by atoms with Crippen molar-refractivity contribution in [1.29, 1.82) is 0 Å². The molecule has 1 aliphatic carbocycles. The molecular weight excluding hydrogens is 174 g/mol. The van der Waals surface area contributed by atoms with Crippen molar-refractivity contribution < 1.29 is 4.79 Å². The third kappa shape index (κ3) is 2.58. The Bertz CT molecular complexity index is 237. The normalized spacial score (nSPS) is 21.0. The molecule has 0 atom stereocenters. The van der Waals surface area contributed by atoms with Gasteiger partial charge in [0.05, 0.1) is 0 Å². The SMILES string of the molecule is NC(=S)N/N=C1/CCCCC1=O. The maximum atomic E-state index is 11.2.